The van der Waals surface area contributed by atoms with E-state index in [-0.39, 0.29) is 12.2 Å². The highest BCUT2D eigenvalue weighted by molar-refractivity contribution is 9.10. The molecule has 0 unspecified atom stereocenters. The number of carbonyl (C=O) groups is 1. The molecule has 0 saturated carbocycles. The van der Waals surface area contributed by atoms with E-state index in [4.69, 9.17) is 4.42 Å². The maximum absolute atomic E-state index is 10.8. The highest BCUT2D eigenvalue weighted by Crippen LogP contribution is 2.20. The third-order valence-electron chi connectivity index (χ3n) is 1.79. The Morgan fingerprint density at radius 1 is 1.57 bits per heavy atom. The third kappa shape index (κ3) is 1.85. The molecule has 3 nitrogen and oxygen atoms in total. The van der Waals surface area contributed by atoms with Gasteiger partial charge in [-0.2, -0.15) is 0 Å². The summed E-state index contributed by atoms with van der Waals surface area (Å²) in [6.45, 7) is 1.52. The summed E-state index contributed by atoms with van der Waals surface area (Å²) >= 11 is 3.34. The van der Waals surface area contributed by atoms with E-state index in [0.29, 0.717) is 11.5 Å². The fourth-order valence-electron chi connectivity index (χ4n) is 1.23. The second-order valence-electron chi connectivity index (χ2n) is 3.10. The fraction of sp³-hybridized carbons (Fsp3) is 0.200. The number of halogens is 1. The number of hydrogen-bond acceptors (Lipinski definition) is 3. The van der Waals surface area contributed by atoms with Crippen LogP contribution >= 0.6 is 15.9 Å². The van der Waals surface area contributed by atoms with Gasteiger partial charge in [-0.25, -0.2) is 4.98 Å². The van der Waals surface area contributed by atoms with E-state index in [0.717, 1.165) is 9.99 Å². The van der Waals surface area contributed by atoms with Crippen LogP contribution in [0.5, 0.6) is 0 Å². The van der Waals surface area contributed by atoms with E-state index in [1.54, 1.807) is 0 Å². The average Bonchev–Trinajstić information content (AvgIpc) is 2.44. The second-order valence-corrected chi connectivity index (χ2v) is 4.01. The van der Waals surface area contributed by atoms with Crippen LogP contribution in [0, 0.1) is 0 Å². The van der Waals surface area contributed by atoms with E-state index < -0.39 is 0 Å². The number of nitrogens with zero attached hydrogens (tertiary/aromatic N) is 1. The van der Waals surface area contributed by atoms with Gasteiger partial charge in [0.15, 0.2) is 5.58 Å². The van der Waals surface area contributed by atoms with Crippen molar-refractivity contribution >= 4 is 32.8 Å². The predicted octanol–water partition coefficient (Wildman–Crippen LogP) is 2.72. The molecular weight excluding hydrogens is 246 g/mol. The molecule has 14 heavy (non-hydrogen) atoms. The summed E-state index contributed by atoms with van der Waals surface area (Å²) in [4.78, 5) is 15.0. The second kappa shape index (κ2) is 3.53. The fourth-order valence-corrected chi connectivity index (χ4v) is 1.57. The topological polar surface area (TPSA) is 43.1 Å². The molecule has 0 spiro atoms. The van der Waals surface area contributed by atoms with Crippen molar-refractivity contribution in [3.05, 3.63) is 28.6 Å². The Morgan fingerprint density at radius 3 is 3.07 bits per heavy atom. The number of Topliss-reactive ketones (excluding diaryl/α,β-unsaturated/α-hetero) is 1. The highest BCUT2D eigenvalue weighted by atomic mass is 79.9. The molecule has 0 atom stereocenters. The van der Waals surface area contributed by atoms with Crippen LogP contribution in [0.3, 0.4) is 0 Å². The van der Waals surface area contributed by atoms with Gasteiger partial charge in [0.25, 0.3) is 0 Å². The van der Waals surface area contributed by atoms with E-state index >= 15 is 0 Å². The molecule has 0 radical (unpaired) electrons. The molecule has 2 aromatic rings. The molecule has 1 aromatic carbocycles. The van der Waals surface area contributed by atoms with Crippen molar-refractivity contribution in [3.8, 4) is 0 Å². The van der Waals surface area contributed by atoms with E-state index in [1.165, 1.54) is 6.92 Å². The third-order valence-corrected chi connectivity index (χ3v) is 2.29. The van der Waals surface area contributed by atoms with Crippen molar-refractivity contribution in [3.63, 3.8) is 0 Å². The highest BCUT2D eigenvalue weighted by Gasteiger charge is 2.07. The molecule has 0 aliphatic carbocycles. The number of ketones is 1. The van der Waals surface area contributed by atoms with E-state index in [1.807, 2.05) is 18.2 Å². The average molecular weight is 254 g/mol. The molecule has 4 heteroatoms. The van der Waals surface area contributed by atoms with Gasteiger partial charge in [0, 0.05) is 4.47 Å². The smallest absolute Gasteiger partial charge is 0.202 e. The molecular formula is C10H8BrNO2. The van der Waals surface area contributed by atoms with Crippen molar-refractivity contribution in [1.29, 1.82) is 0 Å². The van der Waals surface area contributed by atoms with Crippen molar-refractivity contribution in [2.24, 2.45) is 0 Å². The first-order chi connectivity index (χ1) is 6.65. The van der Waals surface area contributed by atoms with Gasteiger partial charge in [0.05, 0.1) is 6.42 Å². The summed E-state index contributed by atoms with van der Waals surface area (Å²) in [6, 6.07) is 5.58. The number of benzene rings is 1. The van der Waals surface area contributed by atoms with Crippen LogP contribution in [-0.4, -0.2) is 10.8 Å². The van der Waals surface area contributed by atoms with Crippen molar-refractivity contribution in [2.75, 3.05) is 0 Å². The summed E-state index contributed by atoms with van der Waals surface area (Å²) in [5.41, 5.74) is 1.49. The van der Waals surface area contributed by atoms with Crippen LogP contribution in [0.4, 0.5) is 0 Å². The Morgan fingerprint density at radius 2 is 2.36 bits per heavy atom. The van der Waals surface area contributed by atoms with Crippen LogP contribution in [0.25, 0.3) is 11.1 Å². The summed E-state index contributed by atoms with van der Waals surface area (Å²) in [5, 5.41) is 0. The maximum atomic E-state index is 10.8. The Bertz CT molecular complexity index is 490. The summed E-state index contributed by atoms with van der Waals surface area (Å²) < 4.78 is 6.34. The SMILES string of the molecule is CC(=O)Cc1nc2ccc(Br)cc2o1. The van der Waals surface area contributed by atoms with Gasteiger partial charge in [0.1, 0.15) is 11.3 Å². The zero-order valence-corrected chi connectivity index (χ0v) is 9.17. The Kier molecular flexibility index (Phi) is 2.37. The number of hydrogen-bond donors (Lipinski definition) is 0. The molecule has 0 saturated heterocycles. The quantitative estimate of drug-likeness (QED) is 0.827. The Hall–Kier alpha value is -1.16. The first-order valence-corrected chi connectivity index (χ1v) is 4.99. The summed E-state index contributed by atoms with van der Waals surface area (Å²) in [5.74, 6) is 0.529. The van der Waals surface area contributed by atoms with E-state index in [2.05, 4.69) is 20.9 Å². The van der Waals surface area contributed by atoms with Crippen LogP contribution in [0.1, 0.15) is 12.8 Å². The normalized spacial score (nSPS) is 10.7. The zero-order valence-electron chi connectivity index (χ0n) is 7.58. The molecule has 2 rings (SSSR count). The molecule has 0 N–H and O–H groups in total. The van der Waals surface area contributed by atoms with Crippen LogP contribution in [0.15, 0.2) is 27.1 Å². The maximum Gasteiger partial charge on any atom is 0.202 e. The summed E-state index contributed by atoms with van der Waals surface area (Å²) in [6.07, 6.45) is 0.256. The number of aromatic nitrogens is 1. The molecule has 0 bridgehead atoms. The molecule has 72 valence electrons. The van der Waals surface area contributed by atoms with Gasteiger partial charge >= 0.3 is 0 Å². The zero-order chi connectivity index (χ0) is 10.1. The van der Waals surface area contributed by atoms with Gasteiger partial charge in [-0.3, -0.25) is 4.79 Å². The predicted molar refractivity (Wildman–Crippen MR) is 56.1 cm³/mol. The van der Waals surface area contributed by atoms with E-state index in [9.17, 15) is 4.79 Å². The largest absolute Gasteiger partial charge is 0.440 e. The number of oxazole rings is 1. The minimum Gasteiger partial charge on any atom is -0.440 e. The number of fused-ring (bicyclic) bond motifs is 1. The first-order valence-electron chi connectivity index (χ1n) is 4.19. The van der Waals surface area contributed by atoms with Gasteiger partial charge in [0.2, 0.25) is 5.89 Å². The Balaban J connectivity index is 2.46. The Labute approximate surface area is 89.3 Å². The number of carbonyl (C=O) groups excluding carboxylic acids is 1. The van der Waals surface area contributed by atoms with Crippen molar-refractivity contribution in [1.82, 2.24) is 4.98 Å². The monoisotopic (exact) mass is 253 g/mol. The minimum absolute atomic E-state index is 0.0515. The molecule has 1 heterocycles. The van der Waals surface area contributed by atoms with Gasteiger partial charge in [-0.15, -0.1) is 0 Å². The lowest BCUT2D eigenvalue weighted by Crippen LogP contribution is -1.95. The van der Waals surface area contributed by atoms with Crippen LogP contribution < -0.4 is 0 Å². The lowest BCUT2D eigenvalue weighted by atomic mass is 10.3. The number of rotatable bonds is 2. The lowest BCUT2D eigenvalue weighted by molar-refractivity contribution is -0.116. The van der Waals surface area contributed by atoms with Crippen molar-refractivity contribution in [2.45, 2.75) is 13.3 Å². The van der Waals surface area contributed by atoms with Crippen LogP contribution in [0.2, 0.25) is 0 Å². The van der Waals surface area contributed by atoms with Gasteiger partial charge < -0.3 is 4.42 Å². The minimum atomic E-state index is 0.0515. The van der Waals surface area contributed by atoms with Gasteiger partial charge in [-0.1, -0.05) is 15.9 Å². The van der Waals surface area contributed by atoms with Crippen molar-refractivity contribution < 1.29 is 9.21 Å². The standard InChI is InChI=1S/C10H8BrNO2/c1-6(13)4-10-12-8-3-2-7(11)5-9(8)14-10/h2-3,5H,4H2,1H3. The first kappa shape index (κ1) is 9.40. The summed E-state index contributed by atoms with van der Waals surface area (Å²) in [7, 11) is 0. The molecule has 0 amide bonds. The lowest BCUT2D eigenvalue weighted by Gasteiger charge is -1.87. The van der Waals surface area contributed by atoms with Gasteiger partial charge in [-0.05, 0) is 25.1 Å². The molecule has 0 aliphatic rings. The molecule has 0 aliphatic heterocycles. The molecule has 1 aromatic heterocycles. The molecule has 0 fully saturated rings. The van der Waals surface area contributed by atoms with Crippen LogP contribution in [-0.2, 0) is 11.2 Å².